The molecule has 1 aliphatic heterocycles. The highest BCUT2D eigenvalue weighted by atomic mass is 19.1. The number of carbonyl (C=O) groups is 1. The van der Waals surface area contributed by atoms with Crippen LogP contribution in [0.3, 0.4) is 0 Å². The minimum Gasteiger partial charge on any atom is -0.494 e. The van der Waals surface area contributed by atoms with Crippen LogP contribution in [-0.2, 0) is 11.8 Å². The molecule has 0 aliphatic carbocycles. The first-order valence-electron chi connectivity index (χ1n) is 12.9. The third-order valence-corrected chi connectivity index (χ3v) is 6.85. The highest BCUT2D eigenvalue weighted by Crippen LogP contribution is 2.20. The average Bonchev–Trinajstić information content (AvgIpc) is 2.99. The van der Waals surface area contributed by atoms with Crippen LogP contribution >= 0.6 is 0 Å². The molecule has 40 heavy (non-hydrogen) atoms. The van der Waals surface area contributed by atoms with Gasteiger partial charge in [-0.25, -0.2) is 18.7 Å². The van der Waals surface area contributed by atoms with Gasteiger partial charge in [-0.05, 0) is 55.0 Å². The number of halogens is 1. The number of nitrogens with two attached hydrogens (primary N) is 1. The lowest BCUT2D eigenvalue weighted by Crippen LogP contribution is -2.50. The summed E-state index contributed by atoms with van der Waals surface area (Å²) in [5.74, 6) is 0.425. The summed E-state index contributed by atoms with van der Waals surface area (Å²) < 4.78 is 21.4. The number of hydrogen-bond acceptors (Lipinski definition) is 9. The second-order valence-electron chi connectivity index (χ2n) is 9.42. The molecule has 0 radical (unpaired) electrons. The molecule has 2 N–H and O–H groups in total. The molecule has 0 bridgehead atoms. The average molecular weight is 549 g/mol. The van der Waals surface area contributed by atoms with Gasteiger partial charge in [0, 0.05) is 45.3 Å². The normalized spacial score (nSPS) is 14.0. The predicted octanol–water partition coefficient (Wildman–Crippen LogP) is 0.552. The first-order valence-corrected chi connectivity index (χ1v) is 12.9. The van der Waals surface area contributed by atoms with Crippen LogP contribution in [0.5, 0.6) is 5.75 Å². The van der Waals surface area contributed by atoms with Crippen LogP contribution in [0.1, 0.15) is 6.42 Å². The first-order chi connectivity index (χ1) is 19.4. The summed E-state index contributed by atoms with van der Waals surface area (Å²) in [7, 11) is 1.35. The van der Waals surface area contributed by atoms with E-state index in [0.29, 0.717) is 36.7 Å². The van der Waals surface area contributed by atoms with E-state index in [1.165, 1.54) is 35.9 Å². The molecular formula is C27H29FN8O4. The Morgan fingerprint density at radius 1 is 1.00 bits per heavy atom. The number of fused-ring (bicyclic) bond motifs is 1. The van der Waals surface area contributed by atoms with Gasteiger partial charge >= 0.3 is 5.69 Å². The van der Waals surface area contributed by atoms with Gasteiger partial charge in [-0.3, -0.25) is 19.1 Å². The largest absolute Gasteiger partial charge is 0.494 e. The summed E-state index contributed by atoms with van der Waals surface area (Å²) >= 11 is 0. The first kappa shape index (κ1) is 27.1. The van der Waals surface area contributed by atoms with Crippen LogP contribution in [0.25, 0.3) is 28.2 Å². The Hall–Kier alpha value is -4.49. The Balaban J connectivity index is 1.25. The van der Waals surface area contributed by atoms with Crippen molar-refractivity contribution in [2.75, 3.05) is 45.9 Å². The molecule has 4 aromatic rings. The van der Waals surface area contributed by atoms with E-state index in [0.717, 1.165) is 30.6 Å². The molecule has 1 saturated heterocycles. The van der Waals surface area contributed by atoms with Gasteiger partial charge in [0.05, 0.1) is 18.8 Å². The SMILES string of the molecule is Cn1c(=O)c2nc(-c3ccc(OCCCN4CCN(C(=O)CN)CC4)cc3)nnc2n(-c2ccc(F)cc2)c1=O. The van der Waals surface area contributed by atoms with Crippen LogP contribution in [0.4, 0.5) is 4.39 Å². The summed E-state index contributed by atoms with van der Waals surface area (Å²) in [4.78, 5) is 45.9. The molecule has 2 aromatic heterocycles. The fraction of sp³-hybridized carbons (Fsp3) is 0.333. The Labute approximate surface area is 228 Å². The maximum absolute atomic E-state index is 13.4. The van der Waals surface area contributed by atoms with Gasteiger partial charge in [-0.2, -0.15) is 0 Å². The van der Waals surface area contributed by atoms with E-state index in [9.17, 15) is 18.8 Å². The Morgan fingerprint density at radius 3 is 2.38 bits per heavy atom. The molecule has 0 unspecified atom stereocenters. The van der Waals surface area contributed by atoms with E-state index in [2.05, 4.69) is 20.1 Å². The van der Waals surface area contributed by atoms with Crippen molar-refractivity contribution in [2.24, 2.45) is 12.8 Å². The van der Waals surface area contributed by atoms with E-state index < -0.39 is 17.1 Å². The van der Waals surface area contributed by atoms with Crippen molar-refractivity contribution in [1.82, 2.24) is 34.1 Å². The van der Waals surface area contributed by atoms with E-state index in [1.807, 2.05) is 0 Å². The summed E-state index contributed by atoms with van der Waals surface area (Å²) in [6, 6.07) is 12.4. The van der Waals surface area contributed by atoms with Crippen molar-refractivity contribution in [3.8, 4) is 22.8 Å². The number of aromatic nitrogens is 5. The molecule has 2 aromatic carbocycles. The maximum Gasteiger partial charge on any atom is 0.337 e. The summed E-state index contributed by atoms with van der Waals surface area (Å²) in [6.07, 6.45) is 0.837. The van der Waals surface area contributed by atoms with Gasteiger partial charge < -0.3 is 15.4 Å². The van der Waals surface area contributed by atoms with Crippen molar-refractivity contribution < 1.29 is 13.9 Å². The zero-order valence-electron chi connectivity index (χ0n) is 22.0. The van der Waals surface area contributed by atoms with Crippen LogP contribution < -0.4 is 21.7 Å². The van der Waals surface area contributed by atoms with Crippen molar-refractivity contribution in [1.29, 1.82) is 0 Å². The number of rotatable bonds is 8. The third-order valence-electron chi connectivity index (χ3n) is 6.85. The van der Waals surface area contributed by atoms with Gasteiger partial charge in [0.1, 0.15) is 11.6 Å². The molecule has 1 amide bonds. The van der Waals surface area contributed by atoms with E-state index >= 15 is 0 Å². The highest BCUT2D eigenvalue weighted by molar-refractivity contribution is 5.78. The topological polar surface area (TPSA) is 141 Å². The van der Waals surface area contributed by atoms with Crippen molar-refractivity contribution >= 4 is 17.1 Å². The molecular weight excluding hydrogens is 519 g/mol. The minimum absolute atomic E-state index is 0.0102. The highest BCUT2D eigenvalue weighted by Gasteiger charge is 2.20. The molecule has 0 saturated carbocycles. The molecule has 3 heterocycles. The molecule has 12 nitrogen and oxygen atoms in total. The lowest BCUT2D eigenvalue weighted by atomic mass is 10.2. The van der Waals surface area contributed by atoms with Crippen LogP contribution in [0.15, 0.2) is 58.1 Å². The van der Waals surface area contributed by atoms with Crippen LogP contribution in [-0.4, -0.2) is 85.9 Å². The number of benzene rings is 2. The molecule has 208 valence electrons. The van der Waals surface area contributed by atoms with Gasteiger partial charge in [-0.1, -0.05) is 0 Å². The second kappa shape index (κ2) is 11.7. The molecule has 0 spiro atoms. The molecule has 0 atom stereocenters. The maximum atomic E-state index is 13.4. The van der Waals surface area contributed by atoms with Gasteiger partial charge in [0.15, 0.2) is 17.0 Å². The van der Waals surface area contributed by atoms with Gasteiger partial charge in [-0.15, -0.1) is 10.2 Å². The lowest BCUT2D eigenvalue weighted by molar-refractivity contribution is -0.131. The van der Waals surface area contributed by atoms with Crippen molar-refractivity contribution in [3.63, 3.8) is 0 Å². The number of carbonyl (C=O) groups excluding carboxylic acids is 1. The predicted molar refractivity (Wildman–Crippen MR) is 146 cm³/mol. The lowest BCUT2D eigenvalue weighted by Gasteiger charge is -2.34. The van der Waals surface area contributed by atoms with Crippen molar-refractivity contribution in [2.45, 2.75) is 6.42 Å². The van der Waals surface area contributed by atoms with E-state index in [4.69, 9.17) is 10.5 Å². The molecule has 1 fully saturated rings. The van der Waals surface area contributed by atoms with Crippen LogP contribution in [0.2, 0.25) is 0 Å². The number of piperazine rings is 1. The molecule has 5 rings (SSSR count). The number of hydrogen-bond donors (Lipinski definition) is 1. The fourth-order valence-electron chi connectivity index (χ4n) is 4.57. The van der Waals surface area contributed by atoms with E-state index in [1.54, 1.807) is 29.2 Å². The minimum atomic E-state index is -0.640. The summed E-state index contributed by atoms with van der Waals surface area (Å²) in [5.41, 5.74) is 5.08. The summed E-state index contributed by atoms with van der Waals surface area (Å²) in [6.45, 7) is 4.49. The fourth-order valence-corrected chi connectivity index (χ4v) is 4.57. The molecule has 13 heteroatoms. The van der Waals surface area contributed by atoms with Gasteiger partial charge in [0.2, 0.25) is 5.91 Å². The Kier molecular flexibility index (Phi) is 7.94. The zero-order chi connectivity index (χ0) is 28.2. The smallest absolute Gasteiger partial charge is 0.337 e. The molecule has 1 aliphatic rings. The standard InChI is InChI=1S/C27H29FN8O4/c1-33-26(38)23-25(36(27(33)39)20-7-5-19(28)6-8-20)32-31-24(30-23)18-3-9-21(10-4-18)40-16-2-11-34-12-14-35(15-13-34)22(37)17-29/h3-10H,2,11-17,29H2,1H3. The van der Waals surface area contributed by atoms with Crippen LogP contribution in [0, 0.1) is 5.82 Å². The Morgan fingerprint density at radius 2 is 1.70 bits per heavy atom. The third kappa shape index (κ3) is 5.60. The Bertz CT molecular complexity index is 1630. The van der Waals surface area contributed by atoms with Crippen molar-refractivity contribution in [3.05, 3.63) is 75.2 Å². The quantitative estimate of drug-likeness (QED) is 0.313. The number of amides is 1. The monoisotopic (exact) mass is 548 g/mol. The van der Waals surface area contributed by atoms with E-state index in [-0.39, 0.29) is 29.4 Å². The summed E-state index contributed by atoms with van der Waals surface area (Å²) in [5, 5.41) is 8.30. The number of nitrogens with zero attached hydrogens (tertiary/aromatic N) is 7. The number of ether oxygens (including phenoxy) is 1. The van der Waals surface area contributed by atoms with Gasteiger partial charge in [0.25, 0.3) is 5.56 Å². The second-order valence-corrected chi connectivity index (χ2v) is 9.42. The zero-order valence-corrected chi connectivity index (χ0v) is 22.0.